The number of hydrogen-bond acceptors (Lipinski definition) is 4. The zero-order valence-corrected chi connectivity index (χ0v) is 18.1. The number of benzene rings is 2. The van der Waals surface area contributed by atoms with Gasteiger partial charge in [0.2, 0.25) is 0 Å². The average Bonchev–Trinajstić information content (AvgIpc) is 3.26. The van der Waals surface area contributed by atoms with E-state index >= 15 is 0 Å². The van der Waals surface area contributed by atoms with Crippen LogP contribution in [0.4, 0.5) is 0 Å². The number of rotatable bonds is 8. The molecule has 0 unspecified atom stereocenters. The Bertz CT molecular complexity index is 1270. The number of hydrogen-bond donors (Lipinski definition) is 1. The quantitative estimate of drug-likeness (QED) is 0.332. The minimum Gasteiger partial charge on any atom is -0.351 e. The van der Waals surface area contributed by atoms with Crippen molar-refractivity contribution in [2.24, 2.45) is 0 Å². The molecule has 0 aliphatic carbocycles. The number of nitrogens with one attached hydrogen (secondary N) is 1. The highest BCUT2D eigenvalue weighted by molar-refractivity contribution is 6.02. The molecular weight excluding hydrogens is 410 g/mol. The van der Waals surface area contributed by atoms with Crippen molar-refractivity contribution in [2.75, 3.05) is 6.54 Å². The van der Waals surface area contributed by atoms with E-state index in [1.807, 2.05) is 89.7 Å². The number of aromatic nitrogens is 3. The molecule has 162 valence electrons. The molecule has 6 nitrogen and oxygen atoms in total. The van der Waals surface area contributed by atoms with Crippen molar-refractivity contribution < 1.29 is 4.79 Å². The third-order valence-corrected chi connectivity index (χ3v) is 5.12. The van der Waals surface area contributed by atoms with E-state index in [1.54, 1.807) is 18.5 Å². The van der Waals surface area contributed by atoms with Gasteiger partial charge >= 0.3 is 0 Å². The smallest absolute Gasteiger partial charge is 0.261 e. The molecule has 2 aromatic carbocycles. The van der Waals surface area contributed by atoms with Crippen LogP contribution in [0.25, 0.3) is 17.3 Å². The van der Waals surface area contributed by atoms with E-state index in [0.29, 0.717) is 30.8 Å². The summed E-state index contributed by atoms with van der Waals surface area (Å²) in [6.45, 7) is 1.03. The van der Waals surface area contributed by atoms with Gasteiger partial charge in [-0.05, 0) is 35.8 Å². The van der Waals surface area contributed by atoms with Gasteiger partial charge in [-0.1, -0.05) is 60.7 Å². The maximum Gasteiger partial charge on any atom is 0.261 e. The molecule has 4 rings (SSSR count). The summed E-state index contributed by atoms with van der Waals surface area (Å²) in [5, 5.41) is 17.2. The Balaban J connectivity index is 1.57. The summed E-state index contributed by atoms with van der Waals surface area (Å²) in [7, 11) is 0. The standard InChI is InChI=1S/C27H23N5O/c28-17-24(27(33)30-15-13-21-8-3-1-4-9-21)16-25-20-32(19-22-10-5-2-6-11-22)31-26(25)23-12-7-14-29-18-23/h1-12,14,16,18,20H,13,15,19H2,(H,30,33)/b24-16+. The van der Waals surface area contributed by atoms with Crippen molar-refractivity contribution in [3.05, 3.63) is 114 Å². The van der Waals surface area contributed by atoms with E-state index in [2.05, 4.69) is 10.3 Å². The summed E-state index contributed by atoms with van der Waals surface area (Å²) in [6.07, 6.45) is 7.55. The molecule has 0 spiro atoms. The fourth-order valence-corrected chi connectivity index (χ4v) is 3.49. The fourth-order valence-electron chi connectivity index (χ4n) is 3.49. The van der Waals surface area contributed by atoms with Gasteiger partial charge in [-0.2, -0.15) is 10.4 Å². The lowest BCUT2D eigenvalue weighted by atomic mass is 10.1. The van der Waals surface area contributed by atoms with Crippen LogP contribution < -0.4 is 5.32 Å². The molecule has 4 aromatic rings. The van der Waals surface area contributed by atoms with Gasteiger partial charge in [0.05, 0.1) is 6.54 Å². The molecule has 2 heterocycles. The van der Waals surface area contributed by atoms with E-state index in [1.165, 1.54) is 0 Å². The third-order valence-electron chi connectivity index (χ3n) is 5.12. The maximum atomic E-state index is 12.7. The molecule has 0 saturated carbocycles. The molecule has 33 heavy (non-hydrogen) atoms. The third kappa shape index (κ3) is 5.81. The average molecular weight is 434 g/mol. The largest absolute Gasteiger partial charge is 0.351 e. The van der Waals surface area contributed by atoms with Gasteiger partial charge in [0.25, 0.3) is 5.91 Å². The normalized spacial score (nSPS) is 11.1. The predicted octanol–water partition coefficient (Wildman–Crippen LogP) is 4.26. The molecule has 2 aromatic heterocycles. The molecule has 0 radical (unpaired) electrons. The Labute approximate surface area is 192 Å². The van der Waals surface area contributed by atoms with Crippen molar-refractivity contribution in [1.29, 1.82) is 5.26 Å². The van der Waals surface area contributed by atoms with E-state index in [0.717, 1.165) is 16.7 Å². The Kier molecular flexibility index (Phi) is 7.04. The van der Waals surface area contributed by atoms with Crippen LogP contribution in [0.2, 0.25) is 0 Å². The summed E-state index contributed by atoms with van der Waals surface area (Å²) in [6, 6.07) is 25.7. The zero-order valence-electron chi connectivity index (χ0n) is 18.1. The summed E-state index contributed by atoms with van der Waals surface area (Å²) < 4.78 is 1.81. The van der Waals surface area contributed by atoms with Crippen LogP contribution in [0.15, 0.2) is 97.0 Å². The van der Waals surface area contributed by atoms with Crippen LogP contribution >= 0.6 is 0 Å². The van der Waals surface area contributed by atoms with Crippen LogP contribution in [0.3, 0.4) is 0 Å². The first-order chi connectivity index (χ1) is 16.2. The Hall–Kier alpha value is -4.50. The molecule has 6 heteroatoms. The lowest BCUT2D eigenvalue weighted by Crippen LogP contribution is -2.26. The number of nitriles is 1. The lowest BCUT2D eigenvalue weighted by molar-refractivity contribution is -0.117. The second-order valence-electron chi connectivity index (χ2n) is 7.52. The van der Waals surface area contributed by atoms with Crippen LogP contribution in [0.1, 0.15) is 16.7 Å². The number of nitrogens with zero attached hydrogens (tertiary/aromatic N) is 4. The number of carbonyl (C=O) groups excluding carboxylic acids is 1. The predicted molar refractivity (Wildman–Crippen MR) is 128 cm³/mol. The van der Waals surface area contributed by atoms with E-state index in [4.69, 9.17) is 5.10 Å². The molecule has 0 aliphatic heterocycles. The number of amides is 1. The second kappa shape index (κ2) is 10.7. The van der Waals surface area contributed by atoms with Gasteiger partial charge in [0, 0.05) is 36.3 Å². The molecule has 0 atom stereocenters. The topological polar surface area (TPSA) is 83.6 Å². The Morgan fingerprint density at radius 3 is 2.39 bits per heavy atom. The first kappa shape index (κ1) is 21.7. The summed E-state index contributed by atoms with van der Waals surface area (Å²) in [5.74, 6) is -0.402. The molecular formula is C27H23N5O. The number of pyridine rings is 1. The van der Waals surface area contributed by atoms with Crippen molar-refractivity contribution in [1.82, 2.24) is 20.1 Å². The minimum atomic E-state index is -0.402. The van der Waals surface area contributed by atoms with Gasteiger partial charge in [-0.25, -0.2) is 0 Å². The van der Waals surface area contributed by atoms with Gasteiger partial charge in [0.1, 0.15) is 17.3 Å². The first-order valence-corrected chi connectivity index (χ1v) is 10.7. The van der Waals surface area contributed by atoms with Crippen molar-refractivity contribution in [2.45, 2.75) is 13.0 Å². The molecule has 1 amide bonds. The highest BCUT2D eigenvalue weighted by atomic mass is 16.1. The SMILES string of the molecule is N#C/C(=C\c1cn(Cc2ccccc2)nc1-c1cccnc1)C(=O)NCCc1ccccc1. The van der Waals surface area contributed by atoms with Gasteiger partial charge in [0.15, 0.2) is 0 Å². The van der Waals surface area contributed by atoms with Crippen LogP contribution in [0.5, 0.6) is 0 Å². The second-order valence-corrected chi connectivity index (χ2v) is 7.52. The summed E-state index contributed by atoms with van der Waals surface area (Å²) in [4.78, 5) is 16.9. The summed E-state index contributed by atoms with van der Waals surface area (Å²) >= 11 is 0. The molecule has 0 fully saturated rings. The lowest BCUT2D eigenvalue weighted by Gasteiger charge is -2.04. The molecule has 0 saturated heterocycles. The van der Waals surface area contributed by atoms with Gasteiger partial charge in [-0.15, -0.1) is 0 Å². The highest BCUT2D eigenvalue weighted by Gasteiger charge is 2.14. The summed E-state index contributed by atoms with van der Waals surface area (Å²) in [5.41, 5.74) is 4.44. The van der Waals surface area contributed by atoms with E-state index in [-0.39, 0.29) is 5.57 Å². The maximum absolute atomic E-state index is 12.7. The van der Waals surface area contributed by atoms with Gasteiger partial charge < -0.3 is 5.32 Å². The first-order valence-electron chi connectivity index (χ1n) is 10.7. The van der Waals surface area contributed by atoms with Crippen molar-refractivity contribution >= 4 is 12.0 Å². The van der Waals surface area contributed by atoms with Crippen molar-refractivity contribution in [3.8, 4) is 17.3 Å². The van der Waals surface area contributed by atoms with Crippen LogP contribution in [0, 0.1) is 11.3 Å². The molecule has 0 aliphatic rings. The van der Waals surface area contributed by atoms with Crippen LogP contribution in [-0.4, -0.2) is 27.2 Å². The Morgan fingerprint density at radius 1 is 1.00 bits per heavy atom. The minimum absolute atomic E-state index is 0.0347. The Morgan fingerprint density at radius 2 is 1.73 bits per heavy atom. The highest BCUT2D eigenvalue weighted by Crippen LogP contribution is 2.24. The van der Waals surface area contributed by atoms with Crippen molar-refractivity contribution in [3.63, 3.8) is 0 Å². The van der Waals surface area contributed by atoms with Gasteiger partial charge in [-0.3, -0.25) is 14.5 Å². The number of carbonyl (C=O) groups is 1. The monoisotopic (exact) mass is 433 g/mol. The van der Waals surface area contributed by atoms with E-state index in [9.17, 15) is 10.1 Å². The molecule has 0 bridgehead atoms. The zero-order chi connectivity index (χ0) is 22.9. The van der Waals surface area contributed by atoms with E-state index < -0.39 is 5.91 Å². The van der Waals surface area contributed by atoms with Crippen LogP contribution in [-0.2, 0) is 17.8 Å². The molecule has 1 N–H and O–H groups in total. The fraction of sp³-hybridized carbons (Fsp3) is 0.111.